The molecule has 0 saturated heterocycles. The van der Waals surface area contributed by atoms with E-state index in [1.807, 2.05) is 36.4 Å². The molecule has 7 heteroatoms. The van der Waals surface area contributed by atoms with Crippen LogP contribution in [-0.4, -0.2) is 26.2 Å². The molecule has 140 valence electrons. The molecule has 2 aromatic carbocycles. The third kappa shape index (κ3) is 3.31. The molecule has 1 N–H and O–H groups in total. The number of para-hydroxylation sites is 1. The van der Waals surface area contributed by atoms with Crippen LogP contribution < -0.4 is 5.32 Å². The van der Waals surface area contributed by atoms with E-state index in [4.69, 9.17) is 21.0 Å². The first-order valence-corrected chi connectivity index (χ1v) is 9.77. The topological polar surface area (TPSA) is 76.7 Å². The highest BCUT2D eigenvalue weighted by atomic mass is 35.5. The lowest BCUT2D eigenvalue weighted by atomic mass is 10.2. The van der Waals surface area contributed by atoms with E-state index in [0.29, 0.717) is 22.8 Å². The van der Waals surface area contributed by atoms with Gasteiger partial charge in [0.15, 0.2) is 0 Å². The predicted molar refractivity (Wildman–Crippen MR) is 109 cm³/mol. The Bertz CT molecular complexity index is 1140. The summed E-state index contributed by atoms with van der Waals surface area (Å²) >= 11 is 6.06. The van der Waals surface area contributed by atoms with E-state index < -0.39 is 0 Å². The molecule has 6 nitrogen and oxygen atoms in total. The van der Waals surface area contributed by atoms with Crippen molar-refractivity contribution in [2.24, 2.45) is 0 Å². The quantitative estimate of drug-likeness (QED) is 0.505. The van der Waals surface area contributed by atoms with Crippen LogP contribution in [0.4, 0.5) is 5.82 Å². The number of hydrogen-bond donors (Lipinski definition) is 1. The predicted octanol–water partition coefficient (Wildman–Crippen LogP) is 5.35. The van der Waals surface area contributed by atoms with Crippen molar-refractivity contribution in [3.05, 3.63) is 53.6 Å². The number of nitrogens with one attached hydrogen (secondary N) is 1. The van der Waals surface area contributed by atoms with Crippen molar-refractivity contribution >= 4 is 28.3 Å². The minimum Gasteiger partial charge on any atom is -0.413 e. The highest BCUT2D eigenvalue weighted by Gasteiger charge is 2.19. The largest absolute Gasteiger partial charge is 0.413 e. The van der Waals surface area contributed by atoms with Crippen molar-refractivity contribution in [1.29, 1.82) is 0 Å². The normalized spacial score (nSPS) is 14.6. The Morgan fingerprint density at radius 1 is 0.929 bits per heavy atom. The maximum absolute atomic E-state index is 6.06. The summed E-state index contributed by atoms with van der Waals surface area (Å²) in [4.78, 5) is 9.35. The van der Waals surface area contributed by atoms with Crippen molar-refractivity contribution in [2.45, 2.75) is 31.7 Å². The first-order chi connectivity index (χ1) is 13.8. The zero-order valence-corrected chi connectivity index (χ0v) is 15.9. The monoisotopic (exact) mass is 391 g/mol. The average molecular weight is 392 g/mol. The number of halogens is 1. The van der Waals surface area contributed by atoms with Gasteiger partial charge in [-0.05, 0) is 43.2 Å². The van der Waals surface area contributed by atoms with Gasteiger partial charge in [-0.25, -0.2) is 9.97 Å². The highest BCUT2D eigenvalue weighted by molar-refractivity contribution is 6.30. The molecule has 0 amide bonds. The molecule has 5 rings (SSSR count). The number of aromatic nitrogens is 4. The van der Waals surface area contributed by atoms with Crippen molar-refractivity contribution < 1.29 is 4.42 Å². The van der Waals surface area contributed by atoms with Gasteiger partial charge in [0, 0.05) is 22.0 Å². The van der Waals surface area contributed by atoms with Crippen LogP contribution in [0.15, 0.2) is 52.9 Å². The number of rotatable bonds is 4. The van der Waals surface area contributed by atoms with Crippen LogP contribution >= 0.6 is 11.6 Å². The van der Waals surface area contributed by atoms with Crippen LogP contribution in [0.25, 0.3) is 34.1 Å². The minimum absolute atomic E-state index is 0.287. The number of nitrogens with zero attached hydrogens (tertiary/aromatic N) is 4. The Morgan fingerprint density at radius 3 is 2.61 bits per heavy atom. The SMILES string of the molecule is Clc1cccc(-c2nnc(-c3nc(NC4CCCC4)c4ccccc4n3)o2)c1. The lowest BCUT2D eigenvalue weighted by Gasteiger charge is -2.14. The molecule has 0 unspecified atom stereocenters. The Morgan fingerprint density at radius 2 is 1.75 bits per heavy atom. The van der Waals surface area contributed by atoms with Gasteiger partial charge in [0.2, 0.25) is 11.7 Å². The second kappa shape index (κ2) is 7.20. The van der Waals surface area contributed by atoms with Crippen LogP contribution in [-0.2, 0) is 0 Å². The summed E-state index contributed by atoms with van der Waals surface area (Å²) in [6.07, 6.45) is 4.82. The first-order valence-electron chi connectivity index (χ1n) is 9.39. The van der Waals surface area contributed by atoms with Crippen molar-refractivity contribution in [2.75, 3.05) is 5.32 Å². The summed E-state index contributed by atoms with van der Waals surface area (Å²) in [5.74, 6) is 1.91. The molecule has 2 heterocycles. The summed E-state index contributed by atoms with van der Waals surface area (Å²) < 4.78 is 5.85. The van der Waals surface area contributed by atoms with Crippen molar-refractivity contribution in [3.63, 3.8) is 0 Å². The zero-order chi connectivity index (χ0) is 18.9. The van der Waals surface area contributed by atoms with Crippen LogP contribution in [0, 0.1) is 0 Å². The van der Waals surface area contributed by atoms with Gasteiger partial charge in [-0.2, -0.15) is 0 Å². The van der Waals surface area contributed by atoms with E-state index in [2.05, 4.69) is 20.5 Å². The Labute approximate surface area is 167 Å². The summed E-state index contributed by atoms with van der Waals surface area (Å²) in [7, 11) is 0. The molecule has 1 aliphatic carbocycles. The van der Waals surface area contributed by atoms with Gasteiger partial charge in [-0.1, -0.05) is 42.6 Å². The molecular weight excluding hydrogens is 374 g/mol. The van der Waals surface area contributed by atoms with E-state index >= 15 is 0 Å². The molecule has 1 fully saturated rings. The van der Waals surface area contributed by atoms with Crippen LogP contribution in [0.2, 0.25) is 5.02 Å². The van der Waals surface area contributed by atoms with Gasteiger partial charge in [0.05, 0.1) is 5.52 Å². The van der Waals surface area contributed by atoms with Crippen LogP contribution in [0.5, 0.6) is 0 Å². The lowest BCUT2D eigenvalue weighted by Crippen LogP contribution is -2.16. The molecule has 0 spiro atoms. The van der Waals surface area contributed by atoms with Crippen LogP contribution in [0.1, 0.15) is 25.7 Å². The molecule has 0 aliphatic heterocycles. The molecule has 0 radical (unpaired) electrons. The minimum atomic E-state index is 0.287. The molecule has 4 aromatic rings. The fourth-order valence-corrected chi connectivity index (χ4v) is 3.79. The smallest absolute Gasteiger partial charge is 0.286 e. The van der Waals surface area contributed by atoms with Gasteiger partial charge in [-0.15, -0.1) is 10.2 Å². The van der Waals surface area contributed by atoms with Crippen molar-refractivity contribution in [1.82, 2.24) is 20.2 Å². The molecule has 1 aliphatic rings. The molecular formula is C21H18ClN5O. The Hall–Kier alpha value is -2.99. The average Bonchev–Trinajstić information content (AvgIpc) is 3.40. The number of hydrogen-bond acceptors (Lipinski definition) is 6. The summed E-state index contributed by atoms with van der Waals surface area (Å²) in [5.41, 5.74) is 1.60. The fourth-order valence-electron chi connectivity index (χ4n) is 3.60. The number of fused-ring (bicyclic) bond motifs is 1. The molecule has 0 atom stereocenters. The second-order valence-corrected chi connectivity index (χ2v) is 7.40. The van der Waals surface area contributed by atoms with Crippen molar-refractivity contribution in [3.8, 4) is 23.2 Å². The summed E-state index contributed by atoms with van der Waals surface area (Å²) in [5, 5.41) is 13.5. The highest BCUT2D eigenvalue weighted by Crippen LogP contribution is 2.29. The van der Waals surface area contributed by atoms with Gasteiger partial charge in [0.1, 0.15) is 5.82 Å². The van der Waals surface area contributed by atoms with E-state index in [0.717, 1.165) is 35.1 Å². The molecule has 0 bridgehead atoms. The molecule has 2 aromatic heterocycles. The second-order valence-electron chi connectivity index (χ2n) is 6.96. The zero-order valence-electron chi connectivity index (χ0n) is 15.1. The standard InChI is InChI=1S/C21H18ClN5O/c22-14-7-5-6-13(12-14)20-26-27-21(28-20)19-24-17-11-4-3-10-16(17)18(25-19)23-15-8-1-2-9-15/h3-7,10-12,15H,1-2,8-9H2,(H,23,24,25). The third-order valence-electron chi connectivity index (χ3n) is 4.99. The van der Waals surface area contributed by atoms with Gasteiger partial charge < -0.3 is 9.73 Å². The molecule has 1 saturated carbocycles. The van der Waals surface area contributed by atoms with E-state index in [-0.39, 0.29) is 5.89 Å². The lowest BCUT2D eigenvalue weighted by molar-refractivity contribution is 0.579. The summed E-state index contributed by atoms with van der Waals surface area (Å²) in [6.45, 7) is 0. The van der Waals surface area contributed by atoms with E-state index in [9.17, 15) is 0 Å². The van der Waals surface area contributed by atoms with E-state index in [1.54, 1.807) is 12.1 Å². The number of anilines is 1. The fraction of sp³-hybridized carbons (Fsp3) is 0.238. The molecule has 28 heavy (non-hydrogen) atoms. The maximum Gasteiger partial charge on any atom is 0.286 e. The maximum atomic E-state index is 6.06. The first kappa shape index (κ1) is 17.1. The number of benzene rings is 2. The van der Waals surface area contributed by atoms with Crippen LogP contribution in [0.3, 0.4) is 0 Å². The Balaban J connectivity index is 1.55. The van der Waals surface area contributed by atoms with Gasteiger partial charge >= 0.3 is 0 Å². The third-order valence-corrected chi connectivity index (χ3v) is 5.22. The summed E-state index contributed by atoms with van der Waals surface area (Å²) in [6, 6.07) is 15.7. The van der Waals surface area contributed by atoms with E-state index in [1.165, 1.54) is 12.8 Å². The Kier molecular flexibility index (Phi) is 4.41. The van der Waals surface area contributed by atoms with Gasteiger partial charge in [0.25, 0.3) is 5.89 Å². The van der Waals surface area contributed by atoms with Gasteiger partial charge in [-0.3, -0.25) is 0 Å².